The molecular weight excluding hydrogens is 226 g/mol. The van der Waals surface area contributed by atoms with Gasteiger partial charge in [-0.3, -0.25) is 4.98 Å². The zero-order chi connectivity index (χ0) is 11.5. The molecule has 2 aromatic rings. The van der Waals surface area contributed by atoms with Gasteiger partial charge in [-0.15, -0.1) is 11.3 Å². The second kappa shape index (κ2) is 4.28. The van der Waals surface area contributed by atoms with Crippen molar-refractivity contribution in [3.8, 4) is 0 Å². The quantitative estimate of drug-likeness (QED) is 0.853. The van der Waals surface area contributed by atoms with Gasteiger partial charge in [0.15, 0.2) is 10.8 Å². The lowest BCUT2D eigenvalue weighted by Crippen LogP contribution is -1.98. The fourth-order valence-corrected chi connectivity index (χ4v) is 1.84. The number of aromatic carboxylic acids is 1. The van der Waals surface area contributed by atoms with Gasteiger partial charge in [0, 0.05) is 11.6 Å². The summed E-state index contributed by atoms with van der Waals surface area (Å²) in [4.78, 5) is 18.5. The van der Waals surface area contributed by atoms with E-state index in [1.807, 2.05) is 13.0 Å². The zero-order valence-corrected chi connectivity index (χ0v) is 9.28. The molecule has 2 N–H and O–H groups in total. The molecule has 2 rings (SSSR count). The van der Waals surface area contributed by atoms with E-state index in [4.69, 9.17) is 5.11 Å². The summed E-state index contributed by atoms with van der Waals surface area (Å²) in [7, 11) is 0. The number of pyridine rings is 1. The van der Waals surface area contributed by atoms with Crippen LogP contribution >= 0.6 is 11.3 Å². The number of aromatic nitrogens is 2. The van der Waals surface area contributed by atoms with Crippen molar-refractivity contribution in [2.24, 2.45) is 0 Å². The van der Waals surface area contributed by atoms with Gasteiger partial charge < -0.3 is 10.4 Å². The van der Waals surface area contributed by atoms with Crippen molar-refractivity contribution in [1.29, 1.82) is 0 Å². The van der Waals surface area contributed by atoms with Crippen molar-refractivity contribution in [2.45, 2.75) is 6.92 Å². The Balaban J connectivity index is 2.21. The lowest BCUT2D eigenvalue weighted by Gasteiger charge is -2.04. The number of hydrogen-bond donors (Lipinski definition) is 2. The summed E-state index contributed by atoms with van der Waals surface area (Å²) in [6, 6.07) is 1.87. The maximum atomic E-state index is 10.6. The first-order valence-corrected chi connectivity index (χ1v) is 5.41. The number of carboxylic acids is 1. The Morgan fingerprint density at radius 3 is 3.00 bits per heavy atom. The first-order valence-electron chi connectivity index (χ1n) is 4.53. The van der Waals surface area contributed by atoms with Crippen LogP contribution in [0.5, 0.6) is 0 Å². The smallest absolute Gasteiger partial charge is 0.355 e. The topological polar surface area (TPSA) is 75.1 Å². The van der Waals surface area contributed by atoms with Crippen LogP contribution in [0.1, 0.15) is 16.1 Å². The van der Waals surface area contributed by atoms with Gasteiger partial charge in [-0.05, 0) is 18.6 Å². The Bertz CT molecular complexity index is 524. The van der Waals surface area contributed by atoms with Crippen LogP contribution in [0.2, 0.25) is 0 Å². The van der Waals surface area contributed by atoms with Crippen LogP contribution in [0.15, 0.2) is 23.8 Å². The second-order valence-corrected chi connectivity index (χ2v) is 4.02. The van der Waals surface area contributed by atoms with Gasteiger partial charge in [-0.25, -0.2) is 9.78 Å². The molecular formula is C10H9N3O2S. The van der Waals surface area contributed by atoms with Crippen molar-refractivity contribution in [3.05, 3.63) is 35.1 Å². The van der Waals surface area contributed by atoms with Crippen molar-refractivity contribution >= 4 is 28.1 Å². The van der Waals surface area contributed by atoms with Gasteiger partial charge in [0.1, 0.15) is 0 Å². The monoisotopic (exact) mass is 235 g/mol. The van der Waals surface area contributed by atoms with E-state index in [2.05, 4.69) is 15.3 Å². The third kappa shape index (κ3) is 2.17. The Morgan fingerprint density at radius 1 is 1.56 bits per heavy atom. The highest BCUT2D eigenvalue weighted by Gasteiger charge is 2.09. The summed E-state index contributed by atoms with van der Waals surface area (Å²) in [6.07, 6.45) is 3.38. The van der Waals surface area contributed by atoms with Gasteiger partial charge >= 0.3 is 5.97 Å². The zero-order valence-electron chi connectivity index (χ0n) is 8.47. The lowest BCUT2D eigenvalue weighted by atomic mass is 10.2. The number of nitrogens with zero attached hydrogens (tertiary/aromatic N) is 2. The normalized spacial score (nSPS) is 10.1. The minimum Gasteiger partial charge on any atom is -0.476 e. The predicted octanol–water partition coefficient (Wildman–Crippen LogP) is 2.29. The van der Waals surface area contributed by atoms with Crippen LogP contribution in [0.3, 0.4) is 0 Å². The average molecular weight is 235 g/mol. The summed E-state index contributed by atoms with van der Waals surface area (Å²) < 4.78 is 0. The van der Waals surface area contributed by atoms with E-state index in [1.54, 1.807) is 12.4 Å². The standard InChI is InChI=1S/C10H9N3O2S/c1-6-2-3-11-4-7(6)12-10-13-8(5-16-10)9(14)15/h2-5H,1H3,(H,12,13)(H,14,15). The number of nitrogens with one attached hydrogen (secondary N) is 1. The van der Waals surface area contributed by atoms with E-state index in [9.17, 15) is 4.79 Å². The number of thiazole rings is 1. The van der Waals surface area contributed by atoms with Crippen molar-refractivity contribution < 1.29 is 9.90 Å². The fraction of sp³-hybridized carbons (Fsp3) is 0.100. The molecule has 16 heavy (non-hydrogen) atoms. The first-order chi connectivity index (χ1) is 7.66. The van der Waals surface area contributed by atoms with Crippen LogP contribution in [0.25, 0.3) is 0 Å². The minimum atomic E-state index is -1.02. The summed E-state index contributed by atoms with van der Waals surface area (Å²) in [6.45, 7) is 1.94. The van der Waals surface area contributed by atoms with E-state index in [-0.39, 0.29) is 5.69 Å². The molecule has 0 saturated heterocycles. The van der Waals surface area contributed by atoms with Gasteiger partial charge in [-0.2, -0.15) is 0 Å². The third-order valence-corrected chi connectivity index (χ3v) is 2.76. The van der Waals surface area contributed by atoms with Gasteiger partial charge in [0.2, 0.25) is 0 Å². The Hall–Kier alpha value is -1.95. The van der Waals surface area contributed by atoms with E-state index >= 15 is 0 Å². The molecule has 5 nitrogen and oxygen atoms in total. The number of aryl methyl sites for hydroxylation is 1. The summed E-state index contributed by atoms with van der Waals surface area (Å²) >= 11 is 1.25. The minimum absolute atomic E-state index is 0.0500. The van der Waals surface area contributed by atoms with Crippen LogP contribution in [0, 0.1) is 6.92 Å². The molecule has 2 aromatic heterocycles. The molecule has 0 aromatic carbocycles. The van der Waals surface area contributed by atoms with Crippen molar-refractivity contribution in [3.63, 3.8) is 0 Å². The molecule has 0 unspecified atom stereocenters. The molecule has 0 fully saturated rings. The maximum Gasteiger partial charge on any atom is 0.355 e. The van der Waals surface area contributed by atoms with Gasteiger partial charge in [0.05, 0.1) is 11.9 Å². The van der Waals surface area contributed by atoms with Crippen LogP contribution < -0.4 is 5.32 Å². The number of anilines is 2. The largest absolute Gasteiger partial charge is 0.476 e. The number of rotatable bonds is 3. The number of carboxylic acid groups (broad SMARTS) is 1. The molecule has 0 amide bonds. The molecule has 6 heteroatoms. The molecule has 0 bridgehead atoms. The van der Waals surface area contributed by atoms with Gasteiger partial charge in [-0.1, -0.05) is 0 Å². The van der Waals surface area contributed by atoms with Crippen molar-refractivity contribution in [2.75, 3.05) is 5.32 Å². The van der Waals surface area contributed by atoms with Gasteiger partial charge in [0.25, 0.3) is 0 Å². The van der Waals surface area contributed by atoms with Crippen LogP contribution in [0.4, 0.5) is 10.8 Å². The first kappa shape index (κ1) is 10.6. The maximum absolute atomic E-state index is 10.6. The van der Waals surface area contributed by atoms with Crippen LogP contribution in [-0.2, 0) is 0 Å². The summed E-state index contributed by atoms with van der Waals surface area (Å²) in [5, 5.41) is 13.8. The Labute approximate surface area is 95.8 Å². The predicted molar refractivity (Wildman–Crippen MR) is 61.3 cm³/mol. The highest BCUT2D eigenvalue weighted by atomic mass is 32.1. The Morgan fingerprint density at radius 2 is 2.38 bits per heavy atom. The molecule has 0 atom stereocenters. The third-order valence-electron chi connectivity index (χ3n) is 2.00. The van der Waals surface area contributed by atoms with E-state index in [0.29, 0.717) is 5.13 Å². The summed E-state index contributed by atoms with van der Waals surface area (Å²) in [5.41, 5.74) is 1.91. The van der Waals surface area contributed by atoms with Crippen molar-refractivity contribution in [1.82, 2.24) is 9.97 Å². The molecule has 0 radical (unpaired) electrons. The molecule has 0 aliphatic rings. The lowest BCUT2D eigenvalue weighted by molar-refractivity contribution is 0.0691. The molecule has 0 aliphatic heterocycles. The Kier molecular flexibility index (Phi) is 2.82. The highest BCUT2D eigenvalue weighted by molar-refractivity contribution is 7.14. The average Bonchev–Trinajstić information content (AvgIpc) is 2.70. The molecule has 0 saturated carbocycles. The molecule has 0 spiro atoms. The fourth-order valence-electron chi connectivity index (χ4n) is 1.14. The number of carbonyl (C=O) groups is 1. The molecule has 2 heterocycles. The SMILES string of the molecule is Cc1ccncc1Nc1nc(C(=O)O)cs1. The number of hydrogen-bond acceptors (Lipinski definition) is 5. The molecule has 0 aliphatic carbocycles. The van der Waals surface area contributed by atoms with E-state index in [1.165, 1.54) is 16.7 Å². The highest BCUT2D eigenvalue weighted by Crippen LogP contribution is 2.22. The van der Waals surface area contributed by atoms with E-state index in [0.717, 1.165) is 11.3 Å². The molecule has 82 valence electrons. The van der Waals surface area contributed by atoms with E-state index < -0.39 is 5.97 Å². The van der Waals surface area contributed by atoms with Crippen LogP contribution in [-0.4, -0.2) is 21.0 Å². The summed E-state index contributed by atoms with van der Waals surface area (Å²) in [5.74, 6) is -1.02. The second-order valence-electron chi connectivity index (χ2n) is 3.16.